The molecule has 3 rings (SSSR count). The van der Waals surface area contributed by atoms with Gasteiger partial charge in [-0.15, -0.1) is 10.2 Å². The maximum Gasteiger partial charge on any atom is 0.258 e. The molecule has 0 saturated carbocycles. The van der Waals surface area contributed by atoms with Gasteiger partial charge in [0, 0.05) is 11.6 Å². The lowest BCUT2D eigenvalue weighted by molar-refractivity contribution is -0.123. The number of methoxy groups -OCH3 is 1. The number of aromatic nitrogens is 2. The molecule has 0 aliphatic heterocycles. The highest BCUT2D eigenvalue weighted by Crippen LogP contribution is 2.22. The second kappa shape index (κ2) is 10.2. The molecule has 1 heterocycles. The van der Waals surface area contributed by atoms with Crippen LogP contribution in [0.5, 0.6) is 17.4 Å². The minimum absolute atomic E-state index is 0.0396. The number of rotatable bonds is 9. The monoisotopic (exact) mass is 407 g/mol. The largest absolute Gasteiger partial charge is 0.497 e. The number of nitrogens with one attached hydrogen (secondary N) is 1. The number of carbonyl (C=O) groups excluding carboxylic acids is 1. The van der Waals surface area contributed by atoms with E-state index in [1.54, 1.807) is 13.2 Å². The first-order chi connectivity index (χ1) is 14.6. The Bertz CT molecular complexity index is 952. The number of hydrogen-bond donors (Lipinski definition) is 1. The van der Waals surface area contributed by atoms with E-state index in [0.717, 1.165) is 33.9 Å². The van der Waals surface area contributed by atoms with Gasteiger partial charge in [-0.25, -0.2) is 0 Å². The van der Waals surface area contributed by atoms with Gasteiger partial charge in [0.25, 0.3) is 5.91 Å². The van der Waals surface area contributed by atoms with Crippen LogP contribution in [0.25, 0.3) is 11.3 Å². The van der Waals surface area contributed by atoms with Gasteiger partial charge in [-0.2, -0.15) is 0 Å². The van der Waals surface area contributed by atoms with Crippen LogP contribution in [0.4, 0.5) is 0 Å². The Morgan fingerprint density at radius 2 is 1.67 bits per heavy atom. The van der Waals surface area contributed by atoms with E-state index in [9.17, 15) is 4.79 Å². The first kappa shape index (κ1) is 21.1. The van der Waals surface area contributed by atoms with Crippen molar-refractivity contribution in [2.75, 3.05) is 26.9 Å². The fourth-order valence-corrected chi connectivity index (χ4v) is 2.87. The highest BCUT2D eigenvalue weighted by Gasteiger charge is 2.07. The molecule has 3 aromatic rings. The van der Waals surface area contributed by atoms with Crippen molar-refractivity contribution < 1.29 is 19.0 Å². The molecule has 2 aromatic carbocycles. The van der Waals surface area contributed by atoms with E-state index in [-0.39, 0.29) is 19.1 Å². The number of amides is 1. The fourth-order valence-electron chi connectivity index (χ4n) is 2.87. The van der Waals surface area contributed by atoms with Crippen LogP contribution in [-0.4, -0.2) is 43.0 Å². The van der Waals surface area contributed by atoms with Crippen LogP contribution in [0.2, 0.25) is 0 Å². The van der Waals surface area contributed by atoms with Crippen molar-refractivity contribution in [2.45, 2.75) is 13.8 Å². The van der Waals surface area contributed by atoms with Crippen molar-refractivity contribution >= 4 is 5.91 Å². The van der Waals surface area contributed by atoms with E-state index in [1.807, 2.05) is 62.4 Å². The molecule has 7 heteroatoms. The van der Waals surface area contributed by atoms with Gasteiger partial charge < -0.3 is 19.5 Å². The molecule has 1 aromatic heterocycles. The second-order valence-electron chi connectivity index (χ2n) is 6.69. The molecule has 0 aliphatic rings. The summed E-state index contributed by atoms with van der Waals surface area (Å²) in [4.78, 5) is 12.0. The molecule has 156 valence electrons. The minimum atomic E-state index is -0.206. The van der Waals surface area contributed by atoms with Crippen LogP contribution >= 0.6 is 0 Å². The number of nitrogens with zero attached hydrogens (tertiary/aromatic N) is 2. The average molecular weight is 407 g/mol. The Kier molecular flexibility index (Phi) is 7.21. The summed E-state index contributed by atoms with van der Waals surface area (Å²) >= 11 is 0. The predicted molar refractivity (Wildman–Crippen MR) is 114 cm³/mol. The summed E-state index contributed by atoms with van der Waals surface area (Å²) in [6, 6.07) is 17.0. The number of ether oxygens (including phenoxy) is 3. The molecule has 0 atom stereocenters. The lowest BCUT2D eigenvalue weighted by atomic mass is 10.1. The van der Waals surface area contributed by atoms with Crippen LogP contribution in [0, 0.1) is 13.8 Å². The van der Waals surface area contributed by atoms with E-state index in [1.165, 1.54) is 0 Å². The highest BCUT2D eigenvalue weighted by atomic mass is 16.5. The summed E-state index contributed by atoms with van der Waals surface area (Å²) in [7, 11) is 1.63. The van der Waals surface area contributed by atoms with Crippen molar-refractivity contribution in [2.24, 2.45) is 0 Å². The first-order valence-electron chi connectivity index (χ1n) is 9.63. The van der Waals surface area contributed by atoms with Crippen LogP contribution in [0.15, 0.2) is 54.6 Å². The molecule has 7 nitrogen and oxygen atoms in total. The van der Waals surface area contributed by atoms with E-state index in [4.69, 9.17) is 14.2 Å². The third-order valence-electron chi connectivity index (χ3n) is 4.46. The van der Waals surface area contributed by atoms with E-state index in [0.29, 0.717) is 12.4 Å². The number of hydrogen-bond acceptors (Lipinski definition) is 6. The van der Waals surface area contributed by atoms with Crippen LogP contribution < -0.4 is 19.5 Å². The standard InChI is InChI=1S/C23H25N3O4/c1-16-5-4-6-17(2)23(16)30-15-21(27)24-13-14-29-22-12-11-20(25-26-22)18-7-9-19(28-3)10-8-18/h4-12H,13-15H2,1-3H3,(H,24,27). The normalized spacial score (nSPS) is 10.4. The van der Waals surface area contributed by atoms with Crippen LogP contribution in [0.3, 0.4) is 0 Å². The van der Waals surface area contributed by atoms with Crippen molar-refractivity contribution in [3.05, 3.63) is 65.7 Å². The maximum atomic E-state index is 12.0. The molecule has 0 fully saturated rings. The number of para-hydroxylation sites is 1. The second-order valence-corrected chi connectivity index (χ2v) is 6.69. The maximum absolute atomic E-state index is 12.0. The first-order valence-corrected chi connectivity index (χ1v) is 9.63. The van der Waals surface area contributed by atoms with Gasteiger partial charge in [0.05, 0.1) is 19.3 Å². The Labute approximate surface area is 176 Å². The molecule has 0 aliphatic carbocycles. The number of aryl methyl sites for hydroxylation is 2. The third kappa shape index (κ3) is 5.70. The summed E-state index contributed by atoms with van der Waals surface area (Å²) in [5.74, 6) is 1.72. The molecule has 0 bridgehead atoms. The van der Waals surface area contributed by atoms with Crippen molar-refractivity contribution in [3.63, 3.8) is 0 Å². The molecule has 1 amide bonds. The zero-order valence-electron chi connectivity index (χ0n) is 17.3. The van der Waals surface area contributed by atoms with Gasteiger partial charge in [-0.3, -0.25) is 4.79 Å². The lowest BCUT2D eigenvalue weighted by Gasteiger charge is -2.12. The summed E-state index contributed by atoms with van der Waals surface area (Å²) in [6.07, 6.45) is 0. The lowest BCUT2D eigenvalue weighted by Crippen LogP contribution is -2.32. The molecule has 0 spiro atoms. The summed E-state index contributed by atoms with van der Waals surface area (Å²) in [6.45, 7) is 4.49. The predicted octanol–water partition coefficient (Wildman–Crippen LogP) is 3.34. The smallest absolute Gasteiger partial charge is 0.258 e. The summed E-state index contributed by atoms with van der Waals surface area (Å²) in [5, 5.41) is 11.0. The van der Waals surface area contributed by atoms with Crippen LogP contribution in [-0.2, 0) is 4.79 Å². The van der Waals surface area contributed by atoms with Gasteiger partial charge in [-0.1, -0.05) is 18.2 Å². The Balaban J connectivity index is 1.40. The van der Waals surface area contributed by atoms with Gasteiger partial charge >= 0.3 is 0 Å². The highest BCUT2D eigenvalue weighted by molar-refractivity contribution is 5.77. The Morgan fingerprint density at radius 1 is 0.933 bits per heavy atom. The third-order valence-corrected chi connectivity index (χ3v) is 4.46. The molecule has 0 saturated heterocycles. The van der Waals surface area contributed by atoms with Gasteiger partial charge in [0.1, 0.15) is 18.1 Å². The molecule has 0 unspecified atom stereocenters. The molecular formula is C23H25N3O4. The van der Waals surface area contributed by atoms with Gasteiger partial charge in [0.2, 0.25) is 5.88 Å². The zero-order valence-corrected chi connectivity index (χ0v) is 17.3. The Morgan fingerprint density at radius 3 is 2.30 bits per heavy atom. The molecule has 1 N–H and O–H groups in total. The topological polar surface area (TPSA) is 82.6 Å². The summed E-state index contributed by atoms with van der Waals surface area (Å²) < 4.78 is 16.3. The SMILES string of the molecule is COc1ccc(-c2ccc(OCCNC(=O)COc3c(C)cccc3C)nn2)cc1. The molecular weight excluding hydrogens is 382 g/mol. The summed E-state index contributed by atoms with van der Waals surface area (Å²) in [5.41, 5.74) is 3.68. The van der Waals surface area contributed by atoms with Crippen LogP contribution in [0.1, 0.15) is 11.1 Å². The number of carbonyl (C=O) groups is 1. The quantitative estimate of drug-likeness (QED) is 0.548. The molecule has 30 heavy (non-hydrogen) atoms. The van der Waals surface area contributed by atoms with Crippen molar-refractivity contribution in [1.82, 2.24) is 15.5 Å². The number of benzene rings is 2. The van der Waals surface area contributed by atoms with Gasteiger partial charge in [0.15, 0.2) is 6.61 Å². The van der Waals surface area contributed by atoms with Crippen molar-refractivity contribution in [3.8, 4) is 28.6 Å². The van der Waals surface area contributed by atoms with Crippen molar-refractivity contribution in [1.29, 1.82) is 0 Å². The van der Waals surface area contributed by atoms with Gasteiger partial charge in [-0.05, 0) is 55.3 Å². The Hall–Kier alpha value is -3.61. The average Bonchev–Trinajstić information content (AvgIpc) is 2.77. The van der Waals surface area contributed by atoms with E-state index < -0.39 is 0 Å². The van der Waals surface area contributed by atoms with E-state index >= 15 is 0 Å². The minimum Gasteiger partial charge on any atom is -0.497 e. The van der Waals surface area contributed by atoms with E-state index in [2.05, 4.69) is 15.5 Å². The molecule has 0 radical (unpaired) electrons. The zero-order chi connectivity index (χ0) is 21.3. The fraction of sp³-hybridized carbons (Fsp3) is 0.261.